The lowest BCUT2D eigenvalue weighted by molar-refractivity contribution is -0.124. The molecule has 1 fully saturated rings. The Morgan fingerprint density at radius 1 is 1.32 bits per heavy atom. The second-order valence-electron chi connectivity index (χ2n) is 4.11. The van der Waals surface area contributed by atoms with E-state index in [-0.39, 0.29) is 5.69 Å². The molecule has 0 aromatic heterocycles. The number of carbonyl (C=O) groups excluding carboxylic acids is 1. The van der Waals surface area contributed by atoms with Crippen molar-refractivity contribution in [1.82, 2.24) is 0 Å². The summed E-state index contributed by atoms with van der Waals surface area (Å²) in [6.45, 7) is 0.471. The standard InChI is InChI=1S/C12H11F2NO4/c13-7-4-6(5-8(14)10(7)12(17)18)15-11(16)9-2-1-3-19-9/h4-5,9H,1-3H2,(H,15,16)(H,17,18). The molecule has 1 aromatic rings. The number of benzene rings is 1. The van der Waals surface area contributed by atoms with Crippen LogP contribution >= 0.6 is 0 Å². The van der Waals surface area contributed by atoms with Gasteiger partial charge in [-0.05, 0) is 25.0 Å². The van der Waals surface area contributed by atoms with Crippen LogP contribution in [0, 0.1) is 11.6 Å². The van der Waals surface area contributed by atoms with Crippen LogP contribution in [0.5, 0.6) is 0 Å². The van der Waals surface area contributed by atoms with Gasteiger partial charge in [-0.1, -0.05) is 0 Å². The minimum atomic E-state index is -1.70. The van der Waals surface area contributed by atoms with Crippen LogP contribution in [0.25, 0.3) is 0 Å². The maximum Gasteiger partial charge on any atom is 0.341 e. The van der Waals surface area contributed by atoms with Crippen LogP contribution in [0.2, 0.25) is 0 Å². The molecule has 102 valence electrons. The van der Waals surface area contributed by atoms with Crippen molar-refractivity contribution in [2.24, 2.45) is 0 Å². The van der Waals surface area contributed by atoms with Gasteiger partial charge in [-0.15, -0.1) is 0 Å². The number of amides is 1. The summed E-state index contributed by atoms with van der Waals surface area (Å²) in [4.78, 5) is 22.3. The molecule has 0 bridgehead atoms. The van der Waals surface area contributed by atoms with Gasteiger partial charge in [0, 0.05) is 12.3 Å². The van der Waals surface area contributed by atoms with Gasteiger partial charge in [0.2, 0.25) is 0 Å². The van der Waals surface area contributed by atoms with E-state index in [4.69, 9.17) is 9.84 Å². The molecule has 19 heavy (non-hydrogen) atoms. The van der Waals surface area contributed by atoms with Gasteiger partial charge in [-0.2, -0.15) is 0 Å². The number of anilines is 1. The molecule has 0 radical (unpaired) electrons. The van der Waals surface area contributed by atoms with Crippen molar-refractivity contribution < 1.29 is 28.2 Å². The number of carboxylic acids is 1. The highest BCUT2D eigenvalue weighted by atomic mass is 19.1. The van der Waals surface area contributed by atoms with Crippen LogP contribution in [-0.2, 0) is 9.53 Å². The number of nitrogens with one attached hydrogen (secondary N) is 1. The smallest absolute Gasteiger partial charge is 0.341 e. The van der Waals surface area contributed by atoms with Gasteiger partial charge in [0.05, 0.1) is 0 Å². The SMILES string of the molecule is O=C(O)c1c(F)cc(NC(=O)C2CCCO2)cc1F. The maximum atomic E-state index is 13.4. The first-order valence-corrected chi connectivity index (χ1v) is 5.64. The number of rotatable bonds is 3. The van der Waals surface area contributed by atoms with Crippen molar-refractivity contribution in [2.75, 3.05) is 11.9 Å². The van der Waals surface area contributed by atoms with E-state index in [0.717, 1.165) is 18.6 Å². The molecule has 1 aromatic carbocycles. The molecule has 0 aliphatic carbocycles. The predicted octanol–water partition coefficient (Wildman–Crippen LogP) is 1.78. The third-order valence-electron chi connectivity index (χ3n) is 2.75. The van der Waals surface area contributed by atoms with Crippen LogP contribution in [0.1, 0.15) is 23.2 Å². The molecular weight excluding hydrogens is 260 g/mol. The molecule has 7 heteroatoms. The van der Waals surface area contributed by atoms with E-state index in [1.54, 1.807) is 0 Å². The summed E-state index contributed by atoms with van der Waals surface area (Å²) in [7, 11) is 0. The maximum absolute atomic E-state index is 13.4. The van der Waals surface area contributed by atoms with Crippen LogP contribution in [0.15, 0.2) is 12.1 Å². The summed E-state index contributed by atoms with van der Waals surface area (Å²) in [5, 5.41) is 10.9. The van der Waals surface area contributed by atoms with Gasteiger partial charge in [-0.3, -0.25) is 4.79 Å². The molecule has 0 saturated carbocycles. The third kappa shape index (κ3) is 2.87. The van der Waals surface area contributed by atoms with Gasteiger partial charge in [0.1, 0.15) is 23.3 Å². The van der Waals surface area contributed by atoms with Crippen molar-refractivity contribution in [3.8, 4) is 0 Å². The van der Waals surface area contributed by atoms with E-state index in [0.29, 0.717) is 13.0 Å². The third-order valence-corrected chi connectivity index (χ3v) is 2.75. The lowest BCUT2D eigenvalue weighted by Gasteiger charge is -2.11. The second kappa shape index (κ2) is 5.31. The number of hydrogen-bond acceptors (Lipinski definition) is 3. The lowest BCUT2D eigenvalue weighted by atomic mass is 10.1. The Morgan fingerprint density at radius 2 is 1.95 bits per heavy atom. The Bertz CT molecular complexity index is 503. The molecule has 5 nitrogen and oxygen atoms in total. The van der Waals surface area contributed by atoms with Gasteiger partial charge in [-0.25, -0.2) is 13.6 Å². The highest BCUT2D eigenvalue weighted by Crippen LogP contribution is 2.20. The van der Waals surface area contributed by atoms with E-state index < -0.39 is 35.2 Å². The molecule has 1 aliphatic rings. The molecule has 2 rings (SSSR count). The molecular formula is C12H11F2NO4. The summed E-state index contributed by atoms with van der Waals surface area (Å²) in [5.41, 5.74) is -1.18. The second-order valence-corrected chi connectivity index (χ2v) is 4.11. The van der Waals surface area contributed by atoms with Crippen molar-refractivity contribution in [3.63, 3.8) is 0 Å². The van der Waals surface area contributed by atoms with E-state index >= 15 is 0 Å². The highest BCUT2D eigenvalue weighted by molar-refractivity contribution is 5.95. The zero-order valence-electron chi connectivity index (χ0n) is 9.78. The first-order valence-electron chi connectivity index (χ1n) is 5.64. The van der Waals surface area contributed by atoms with Crippen LogP contribution in [0.4, 0.5) is 14.5 Å². The number of halogens is 2. The summed E-state index contributed by atoms with van der Waals surface area (Å²) < 4.78 is 31.9. The zero-order chi connectivity index (χ0) is 14.0. The fraction of sp³-hybridized carbons (Fsp3) is 0.333. The van der Waals surface area contributed by atoms with Crippen molar-refractivity contribution in [3.05, 3.63) is 29.3 Å². The first kappa shape index (κ1) is 13.4. The number of ether oxygens (including phenoxy) is 1. The normalized spacial score (nSPS) is 18.3. The van der Waals surface area contributed by atoms with Crippen molar-refractivity contribution in [1.29, 1.82) is 0 Å². The van der Waals surface area contributed by atoms with Crippen LogP contribution in [-0.4, -0.2) is 29.7 Å². The van der Waals surface area contributed by atoms with Crippen molar-refractivity contribution >= 4 is 17.6 Å². The topological polar surface area (TPSA) is 75.6 Å². The quantitative estimate of drug-likeness (QED) is 0.878. The highest BCUT2D eigenvalue weighted by Gasteiger charge is 2.24. The van der Waals surface area contributed by atoms with E-state index in [1.165, 1.54) is 0 Å². The Balaban J connectivity index is 2.17. The molecule has 1 atom stereocenters. The average Bonchev–Trinajstić information content (AvgIpc) is 2.80. The van der Waals surface area contributed by atoms with Crippen LogP contribution < -0.4 is 5.32 Å². The largest absolute Gasteiger partial charge is 0.477 e. The molecule has 1 aliphatic heterocycles. The first-order chi connectivity index (χ1) is 8.99. The molecule has 1 saturated heterocycles. The Hall–Kier alpha value is -2.02. The van der Waals surface area contributed by atoms with E-state index in [9.17, 15) is 18.4 Å². The van der Waals surface area contributed by atoms with Gasteiger partial charge < -0.3 is 15.2 Å². The van der Waals surface area contributed by atoms with Crippen molar-refractivity contribution in [2.45, 2.75) is 18.9 Å². The minimum absolute atomic E-state index is 0.138. The summed E-state index contributed by atoms with van der Waals surface area (Å²) in [5.74, 6) is -4.68. The predicted molar refractivity (Wildman–Crippen MR) is 60.9 cm³/mol. The van der Waals surface area contributed by atoms with Gasteiger partial charge in [0.25, 0.3) is 5.91 Å². The molecule has 2 N–H and O–H groups in total. The average molecular weight is 271 g/mol. The van der Waals surface area contributed by atoms with Crippen LogP contribution in [0.3, 0.4) is 0 Å². The number of carbonyl (C=O) groups is 2. The molecule has 1 unspecified atom stereocenters. The Labute approximate surface area is 107 Å². The molecule has 0 spiro atoms. The zero-order valence-corrected chi connectivity index (χ0v) is 9.78. The minimum Gasteiger partial charge on any atom is -0.477 e. The molecule has 1 amide bonds. The fourth-order valence-corrected chi connectivity index (χ4v) is 1.86. The van der Waals surface area contributed by atoms with E-state index in [2.05, 4.69) is 5.32 Å². The summed E-state index contributed by atoms with van der Waals surface area (Å²) >= 11 is 0. The van der Waals surface area contributed by atoms with Gasteiger partial charge >= 0.3 is 5.97 Å². The number of aromatic carboxylic acids is 1. The monoisotopic (exact) mass is 271 g/mol. The van der Waals surface area contributed by atoms with E-state index in [1.807, 2.05) is 0 Å². The summed E-state index contributed by atoms with van der Waals surface area (Å²) in [6, 6.07) is 1.53. The van der Waals surface area contributed by atoms with Gasteiger partial charge in [0.15, 0.2) is 0 Å². The fourth-order valence-electron chi connectivity index (χ4n) is 1.86. The Kier molecular flexibility index (Phi) is 3.75. The molecule has 1 heterocycles. The number of hydrogen-bond donors (Lipinski definition) is 2. The summed E-state index contributed by atoms with van der Waals surface area (Å²) in [6.07, 6.45) is 0.660. The number of carboxylic acid groups (broad SMARTS) is 1. The lowest BCUT2D eigenvalue weighted by Crippen LogP contribution is -2.27. The Morgan fingerprint density at radius 3 is 2.42 bits per heavy atom.